The summed E-state index contributed by atoms with van der Waals surface area (Å²) in [4.78, 5) is -0.538. The van der Waals surface area contributed by atoms with Crippen LogP contribution in [-0.2, 0) is 10.0 Å². The summed E-state index contributed by atoms with van der Waals surface area (Å²) in [5.41, 5.74) is 5.39. The van der Waals surface area contributed by atoms with Crippen LogP contribution in [-0.4, -0.2) is 8.42 Å². The first kappa shape index (κ1) is 14.7. The SMILES string of the molecule is Nc1cc(F)cc(NS(=O)(=O)c2ccc(Br)cc2F)c1. The van der Waals surface area contributed by atoms with Crippen LogP contribution in [0.5, 0.6) is 0 Å². The molecule has 0 heterocycles. The van der Waals surface area contributed by atoms with Crippen molar-refractivity contribution in [3.05, 3.63) is 52.5 Å². The van der Waals surface area contributed by atoms with Gasteiger partial charge >= 0.3 is 0 Å². The maximum absolute atomic E-state index is 13.7. The number of nitrogen functional groups attached to an aromatic ring is 1. The summed E-state index contributed by atoms with van der Waals surface area (Å²) in [5, 5.41) is 0. The van der Waals surface area contributed by atoms with E-state index in [1.165, 1.54) is 12.1 Å². The Morgan fingerprint density at radius 2 is 1.80 bits per heavy atom. The Kier molecular flexibility index (Phi) is 3.96. The zero-order valence-corrected chi connectivity index (χ0v) is 12.3. The van der Waals surface area contributed by atoms with E-state index in [9.17, 15) is 17.2 Å². The summed E-state index contributed by atoms with van der Waals surface area (Å²) in [5.74, 6) is -1.62. The topological polar surface area (TPSA) is 72.2 Å². The van der Waals surface area contributed by atoms with Crippen LogP contribution in [0.4, 0.5) is 20.2 Å². The van der Waals surface area contributed by atoms with Gasteiger partial charge in [0, 0.05) is 10.2 Å². The monoisotopic (exact) mass is 362 g/mol. The average Bonchev–Trinajstić information content (AvgIpc) is 2.25. The third kappa shape index (κ3) is 3.26. The van der Waals surface area contributed by atoms with Crippen molar-refractivity contribution in [3.8, 4) is 0 Å². The second-order valence-electron chi connectivity index (χ2n) is 3.95. The van der Waals surface area contributed by atoms with Gasteiger partial charge in [0.1, 0.15) is 16.5 Å². The number of benzene rings is 2. The first-order valence-electron chi connectivity index (χ1n) is 5.32. The van der Waals surface area contributed by atoms with Gasteiger partial charge in [-0.2, -0.15) is 0 Å². The van der Waals surface area contributed by atoms with Gasteiger partial charge in [-0.05, 0) is 36.4 Å². The molecule has 2 aromatic carbocycles. The van der Waals surface area contributed by atoms with Gasteiger partial charge in [-0.25, -0.2) is 17.2 Å². The van der Waals surface area contributed by atoms with Gasteiger partial charge < -0.3 is 5.73 Å². The molecule has 4 nitrogen and oxygen atoms in total. The molecule has 0 aliphatic carbocycles. The number of hydrogen-bond acceptors (Lipinski definition) is 3. The first-order chi connectivity index (χ1) is 9.28. The smallest absolute Gasteiger partial charge is 0.264 e. The molecule has 20 heavy (non-hydrogen) atoms. The predicted molar refractivity (Wildman–Crippen MR) is 75.7 cm³/mol. The van der Waals surface area contributed by atoms with Crippen molar-refractivity contribution in [2.45, 2.75) is 4.90 Å². The molecule has 0 saturated heterocycles. The molecular weight excluding hydrogens is 354 g/mol. The minimum Gasteiger partial charge on any atom is -0.399 e. The third-order valence-corrected chi connectivity index (χ3v) is 4.26. The summed E-state index contributed by atoms with van der Waals surface area (Å²) in [6.45, 7) is 0. The standard InChI is InChI=1S/C12H9BrF2N2O2S/c13-7-1-2-12(11(15)3-7)20(18,19)17-10-5-8(14)4-9(16)6-10/h1-6,17H,16H2. The number of rotatable bonds is 3. The normalized spacial score (nSPS) is 11.3. The molecule has 2 rings (SSSR count). The Balaban J connectivity index is 2.40. The van der Waals surface area contributed by atoms with Crippen LogP contribution < -0.4 is 10.5 Å². The van der Waals surface area contributed by atoms with Crippen LogP contribution in [0.1, 0.15) is 0 Å². The van der Waals surface area contributed by atoms with Crippen molar-refractivity contribution in [2.24, 2.45) is 0 Å². The molecule has 0 aromatic heterocycles. The largest absolute Gasteiger partial charge is 0.399 e. The summed E-state index contributed by atoms with van der Waals surface area (Å²) < 4.78 is 53.3. The van der Waals surface area contributed by atoms with Gasteiger partial charge in [0.25, 0.3) is 10.0 Å². The minimum absolute atomic E-state index is 0.0546. The first-order valence-corrected chi connectivity index (χ1v) is 7.59. The number of sulfonamides is 1. The highest BCUT2D eigenvalue weighted by molar-refractivity contribution is 9.10. The highest BCUT2D eigenvalue weighted by Gasteiger charge is 2.19. The third-order valence-electron chi connectivity index (χ3n) is 2.36. The summed E-state index contributed by atoms with van der Waals surface area (Å²) in [6, 6.07) is 6.73. The molecule has 0 atom stereocenters. The molecule has 2 aromatic rings. The van der Waals surface area contributed by atoms with E-state index in [1.54, 1.807) is 0 Å². The predicted octanol–water partition coefficient (Wildman–Crippen LogP) is 3.11. The highest BCUT2D eigenvalue weighted by atomic mass is 79.9. The van der Waals surface area contributed by atoms with Crippen molar-refractivity contribution in [1.82, 2.24) is 0 Å². The number of halogens is 3. The summed E-state index contributed by atoms with van der Waals surface area (Å²) >= 11 is 3.03. The molecule has 0 unspecified atom stereocenters. The Morgan fingerprint density at radius 3 is 2.40 bits per heavy atom. The summed E-state index contributed by atoms with van der Waals surface area (Å²) in [6.07, 6.45) is 0. The van der Waals surface area contributed by atoms with Gasteiger partial charge in [-0.1, -0.05) is 15.9 Å². The summed E-state index contributed by atoms with van der Waals surface area (Å²) in [7, 11) is -4.16. The molecule has 3 N–H and O–H groups in total. The molecule has 0 fully saturated rings. The van der Waals surface area contributed by atoms with Crippen LogP contribution in [0, 0.1) is 11.6 Å². The molecular formula is C12H9BrF2N2O2S. The zero-order valence-electron chi connectivity index (χ0n) is 9.90. The molecule has 0 amide bonds. The second-order valence-corrected chi connectivity index (χ2v) is 6.52. The molecule has 0 spiro atoms. The van der Waals surface area contributed by atoms with E-state index in [2.05, 4.69) is 20.7 Å². The van der Waals surface area contributed by atoms with E-state index in [4.69, 9.17) is 5.73 Å². The molecule has 0 radical (unpaired) electrons. The van der Waals surface area contributed by atoms with Gasteiger partial charge in [0.05, 0.1) is 5.69 Å². The van der Waals surface area contributed by atoms with Crippen molar-refractivity contribution in [1.29, 1.82) is 0 Å². The molecule has 0 aliphatic rings. The van der Waals surface area contributed by atoms with Gasteiger partial charge in [0.15, 0.2) is 0 Å². The Bertz CT molecular complexity index is 746. The number of nitrogens with one attached hydrogen (secondary N) is 1. The second kappa shape index (κ2) is 5.37. The van der Waals surface area contributed by atoms with Crippen LogP contribution in [0.15, 0.2) is 45.8 Å². The maximum atomic E-state index is 13.7. The van der Waals surface area contributed by atoms with Crippen molar-refractivity contribution in [3.63, 3.8) is 0 Å². The molecule has 0 bridgehead atoms. The van der Waals surface area contributed by atoms with Crippen LogP contribution in [0.25, 0.3) is 0 Å². The van der Waals surface area contributed by atoms with Gasteiger partial charge in [0.2, 0.25) is 0 Å². The highest BCUT2D eigenvalue weighted by Crippen LogP contribution is 2.23. The lowest BCUT2D eigenvalue weighted by Gasteiger charge is -2.10. The fourth-order valence-corrected chi connectivity index (χ4v) is 3.01. The molecule has 8 heteroatoms. The van der Waals surface area contributed by atoms with E-state index < -0.39 is 26.6 Å². The van der Waals surface area contributed by atoms with Gasteiger partial charge in [-0.3, -0.25) is 4.72 Å². The van der Waals surface area contributed by atoms with E-state index >= 15 is 0 Å². The van der Waals surface area contributed by atoms with Gasteiger partial charge in [-0.15, -0.1) is 0 Å². The maximum Gasteiger partial charge on any atom is 0.264 e. The molecule has 0 saturated carbocycles. The van der Waals surface area contributed by atoms with E-state index in [0.29, 0.717) is 4.47 Å². The van der Waals surface area contributed by atoms with Crippen LogP contribution in [0.3, 0.4) is 0 Å². The Morgan fingerprint density at radius 1 is 1.10 bits per heavy atom. The lowest BCUT2D eigenvalue weighted by molar-refractivity contribution is 0.570. The minimum atomic E-state index is -4.16. The van der Waals surface area contributed by atoms with Crippen molar-refractivity contribution >= 4 is 37.3 Å². The lowest BCUT2D eigenvalue weighted by atomic mass is 10.3. The molecule has 0 aliphatic heterocycles. The van der Waals surface area contributed by atoms with Crippen LogP contribution >= 0.6 is 15.9 Å². The van der Waals surface area contributed by atoms with Crippen LogP contribution in [0.2, 0.25) is 0 Å². The van der Waals surface area contributed by atoms with E-state index in [1.807, 2.05) is 0 Å². The quantitative estimate of drug-likeness (QED) is 0.824. The fraction of sp³-hybridized carbons (Fsp3) is 0. The Hall–Kier alpha value is -1.67. The van der Waals surface area contributed by atoms with Crippen molar-refractivity contribution < 1.29 is 17.2 Å². The average molecular weight is 363 g/mol. The van der Waals surface area contributed by atoms with Crippen molar-refractivity contribution in [2.75, 3.05) is 10.5 Å². The number of anilines is 2. The fourth-order valence-electron chi connectivity index (χ4n) is 1.57. The zero-order chi connectivity index (χ0) is 14.9. The molecule has 106 valence electrons. The Labute approximate surface area is 122 Å². The lowest BCUT2D eigenvalue weighted by Crippen LogP contribution is -2.15. The number of hydrogen-bond donors (Lipinski definition) is 2. The van der Waals surface area contributed by atoms with E-state index in [-0.39, 0.29) is 11.4 Å². The van der Waals surface area contributed by atoms with E-state index in [0.717, 1.165) is 24.3 Å². The number of nitrogens with two attached hydrogens (primary N) is 1.